The van der Waals surface area contributed by atoms with Crippen molar-refractivity contribution in [2.45, 2.75) is 19.8 Å². The summed E-state index contributed by atoms with van der Waals surface area (Å²) in [5, 5.41) is 0. The number of hydrogen-bond donors (Lipinski definition) is 0. The van der Waals surface area contributed by atoms with Crippen molar-refractivity contribution in [1.29, 1.82) is 0 Å². The zero-order valence-electron chi connectivity index (χ0n) is 10.0. The third-order valence-electron chi connectivity index (χ3n) is 2.55. The minimum absolute atomic E-state index is 0.286. The molecule has 1 aliphatic heterocycles. The van der Waals surface area contributed by atoms with Crippen molar-refractivity contribution in [2.75, 3.05) is 39.5 Å². The van der Waals surface area contributed by atoms with Gasteiger partial charge in [-0.2, -0.15) is 0 Å². The van der Waals surface area contributed by atoms with E-state index in [1.807, 2.05) is 0 Å². The summed E-state index contributed by atoms with van der Waals surface area (Å²) in [4.78, 5) is 13.4. The Morgan fingerprint density at radius 3 is 2.69 bits per heavy atom. The second-order valence-corrected chi connectivity index (χ2v) is 4.08. The van der Waals surface area contributed by atoms with Gasteiger partial charge in [0.05, 0.1) is 19.8 Å². The fourth-order valence-corrected chi connectivity index (χ4v) is 1.55. The molecule has 0 aromatic carbocycles. The molecule has 1 saturated heterocycles. The third kappa shape index (κ3) is 5.28. The standard InChI is InChI=1S/C12H21NO3/c1-11(2)12(14)16-8-4-3-5-13-6-9-15-10-7-13/h1,3-10H2,2H3. The van der Waals surface area contributed by atoms with Crippen molar-refractivity contribution in [3.63, 3.8) is 0 Å². The zero-order chi connectivity index (χ0) is 11.8. The first-order valence-electron chi connectivity index (χ1n) is 5.83. The Bertz CT molecular complexity index is 234. The van der Waals surface area contributed by atoms with E-state index >= 15 is 0 Å². The van der Waals surface area contributed by atoms with E-state index in [0.717, 1.165) is 45.7 Å². The van der Waals surface area contributed by atoms with E-state index in [2.05, 4.69) is 11.5 Å². The second-order valence-electron chi connectivity index (χ2n) is 4.08. The van der Waals surface area contributed by atoms with Crippen molar-refractivity contribution >= 4 is 5.97 Å². The van der Waals surface area contributed by atoms with Gasteiger partial charge in [0.15, 0.2) is 0 Å². The van der Waals surface area contributed by atoms with Crippen molar-refractivity contribution in [2.24, 2.45) is 0 Å². The lowest BCUT2D eigenvalue weighted by molar-refractivity contribution is -0.139. The van der Waals surface area contributed by atoms with E-state index in [0.29, 0.717) is 12.2 Å². The normalized spacial score (nSPS) is 17.1. The monoisotopic (exact) mass is 227 g/mol. The lowest BCUT2D eigenvalue weighted by Gasteiger charge is -2.26. The summed E-state index contributed by atoms with van der Waals surface area (Å²) in [7, 11) is 0. The van der Waals surface area contributed by atoms with Gasteiger partial charge in [0, 0.05) is 18.7 Å². The summed E-state index contributed by atoms with van der Waals surface area (Å²) in [5.74, 6) is -0.286. The topological polar surface area (TPSA) is 38.8 Å². The number of carbonyl (C=O) groups excluding carboxylic acids is 1. The molecular formula is C12H21NO3. The number of ether oxygens (including phenoxy) is 2. The molecule has 0 bridgehead atoms. The Balaban J connectivity index is 1.95. The van der Waals surface area contributed by atoms with Gasteiger partial charge in [0.1, 0.15) is 0 Å². The minimum atomic E-state index is -0.286. The summed E-state index contributed by atoms with van der Waals surface area (Å²) in [6, 6.07) is 0. The van der Waals surface area contributed by atoms with Crippen LogP contribution in [0.5, 0.6) is 0 Å². The lowest BCUT2D eigenvalue weighted by Crippen LogP contribution is -2.36. The smallest absolute Gasteiger partial charge is 0.333 e. The number of morpholine rings is 1. The Morgan fingerprint density at radius 2 is 2.06 bits per heavy atom. The number of nitrogens with zero attached hydrogens (tertiary/aromatic N) is 1. The highest BCUT2D eigenvalue weighted by Gasteiger charge is 2.09. The minimum Gasteiger partial charge on any atom is -0.462 e. The second kappa shape index (κ2) is 7.41. The van der Waals surface area contributed by atoms with Gasteiger partial charge in [-0.3, -0.25) is 4.90 Å². The van der Waals surface area contributed by atoms with Crippen LogP contribution >= 0.6 is 0 Å². The van der Waals surface area contributed by atoms with Crippen LogP contribution in [-0.2, 0) is 14.3 Å². The van der Waals surface area contributed by atoms with Gasteiger partial charge in [0.25, 0.3) is 0 Å². The SMILES string of the molecule is C=C(C)C(=O)OCCCCN1CCOCC1. The molecule has 0 amide bonds. The number of unbranched alkanes of at least 4 members (excludes halogenated alkanes) is 1. The van der Waals surface area contributed by atoms with Crippen LogP contribution in [-0.4, -0.2) is 50.3 Å². The fourth-order valence-electron chi connectivity index (χ4n) is 1.55. The Hall–Kier alpha value is -0.870. The van der Waals surface area contributed by atoms with Crippen LogP contribution in [0, 0.1) is 0 Å². The van der Waals surface area contributed by atoms with E-state index in [1.165, 1.54) is 0 Å². The van der Waals surface area contributed by atoms with Crippen molar-refractivity contribution in [3.05, 3.63) is 12.2 Å². The molecule has 0 unspecified atom stereocenters. The highest BCUT2D eigenvalue weighted by molar-refractivity contribution is 5.86. The molecule has 4 nitrogen and oxygen atoms in total. The maximum absolute atomic E-state index is 11.1. The summed E-state index contributed by atoms with van der Waals surface area (Å²) < 4.78 is 10.3. The Labute approximate surface area is 97.2 Å². The van der Waals surface area contributed by atoms with Crippen LogP contribution in [0.1, 0.15) is 19.8 Å². The van der Waals surface area contributed by atoms with Crippen molar-refractivity contribution in [3.8, 4) is 0 Å². The summed E-state index contributed by atoms with van der Waals surface area (Å²) in [6.45, 7) is 10.5. The van der Waals surface area contributed by atoms with Crippen LogP contribution in [0.25, 0.3) is 0 Å². The predicted octanol–water partition coefficient (Wildman–Crippen LogP) is 1.22. The summed E-state index contributed by atoms with van der Waals surface area (Å²) in [5.41, 5.74) is 0.466. The van der Waals surface area contributed by atoms with E-state index in [1.54, 1.807) is 6.92 Å². The molecule has 0 atom stereocenters. The maximum Gasteiger partial charge on any atom is 0.333 e. The van der Waals surface area contributed by atoms with Gasteiger partial charge in [-0.1, -0.05) is 6.58 Å². The van der Waals surface area contributed by atoms with E-state index in [4.69, 9.17) is 9.47 Å². The highest BCUT2D eigenvalue weighted by atomic mass is 16.5. The van der Waals surface area contributed by atoms with Crippen molar-refractivity contribution < 1.29 is 14.3 Å². The maximum atomic E-state index is 11.1. The van der Waals surface area contributed by atoms with Gasteiger partial charge < -0.3 is 9.47 Å². The molecule has 0 aromatic rings. The molecule has 0 spiro atoms. The first kappa shape index (κ1) is 13.2. The molecule has 0 aliphatic carbocycles. The van der Waals surface area contributed by atoms with Gasteiger partial charge in [0.2, 0.25) is 0 Å². The van der Waals surface area contributed by atoms with E-state index in [-0.39, 0.29) is 5.97 Å². The third-order valence-corrected chi connectivity index (χ3v) is 2.55. The summed E-state index contributed by atoms with van der Waals surface area (Å²) >= 11 is 0. The van der Waals surface area contributed by atoms with E-state index < -0.39 is 0 Å². The van der Waals surface area contributed by atoms with Gasteiger partial charge in [-0.15, -0.1) is 0 Å². The number of rotatable bonds is 6. The molecular weight excluding hydrogens is 206 g/mol. The largest absolute Gasteiger partial charge is 0.462 e. The molecule has 92 valence electrons. The van der Waals surface area contributed by atoms with Crippen LogP contribution in [0.15, 0.2) is 12.2 Å². The van der Waals surface area contributed by atoms with Crippen molar-refractivity contribution in [1.82, 2.24) is 4.90 Å². The molecule has 1 fully saturated rings. The first-order chi connectivity index (χ1) is 7.70. The molecule has 0 saturated carbocycles. The van der Waals surface area contributed by atoms with Crippen LogP contribution in [0.4, 0.5) is 0 Å². The molecule has 4 heteroatoms. The zero-order valence-corrected chi connectivity index (χ0v) is 10.0. The molecule has 0 N–H and O–H groups in total. The number of hydrogen-bond acceptors (Lipinski definition) is 4. The van der Waals surface area contributed by atoms with Gasteiger partial charge >= 0.3 is 5.97 Å². The molecule has 0 aromatic heterocycles. The van der Waals surface area contributed by atoms with Crippen LogP contribution in [0.2, 0.25) is 0 Å². The van der Waals surface area contributed by atoms with Gasteiger partial charge in [-0.25, -0.2) is 4.79 Å². The lowest BCUT2D eigenvalue weighted by atomic mass is 10.3. The van der Waals surface area contributed by atoms with E-state index in [9.17, 15) is 4.79 Å². The molecule has 16 heavy (non-hydrogen) atoms. The fraction of sp³-hybridized carbons (Fsp3) is 0.750. The van der Waals surface area contributed by atoms with Crippen LogP contribution in [0.3, 0.4) is 0 Å². The average Bonchev–Trinajstić information content (AvgIpc) is 2.29. The number of carbonyl (C=O) groups is 1. The summed E-state index contributed by atoms with van der Waals surface area (Å²) in [6.07, 6.45) is 1.97. The Kier molecular flexibility index (Phi) is 6.11. The average molecular weight is 227 g/mol. The van der Waals surface area contributed by atoms with Gasteiger partial charge in [-0.05, 0) is 26.3 Å². The number of esters is 1. The Morgan fingerprint density at radius 1 is 1.38 bits per heavy atom. The van der Waals surface area contributed by atoms with Crippen LogP contribution < -0.4 is 0 Å². The molecule has 1 heterocycles. The predicted molar refractivity (Wildman–Crippen MR) is 62.3 cm³/mol. The molecule has 1 rings (SSSR count). The first-order valence-corrected chi connectivity index (χ1v) is 5.83. The molecule has 0 radical (unpaired) electrons. The molecule has 1 aliphatic rings. The highest BCUT2D eigenvalue weighted by Crippen LogP contribution is 2.01. The quantitative estimate of drug-likeness (QED) is 0.388.